The molecule has 11 atom stereocenters. The summed E-state index contributed by atoms with van der Waals surface area (Å²) in [6, 6.07) is 12.9. The molecule has 0 aromatic heterocycles. The Bertz CT molecular complexity index is 3340. The van der Waals surface area contributed by atoms with E-state index in [9.17, 15) is 65.5 Å². The summed E-state index contributed by atoms with van der Waals surface area (Å²) in [7, 11) is 8.54. The van der Waals surface area contributed by atoms with Crippen LogP contribution in [0.25, 0.3) is 0 Å². The van der Waals surface area contributed by atoms with Crippen molar-refractivity contribution in [1.29, 1.82) is 0 Å². The molecule has 3 aromatic carbocycles. The van der Waals surface area contributed by atoms with E-state index in [4.69, 9.17) is 24.7 Å². The molecule has 2 aliphatic heterocycles. The number of rotatable bonds is 42. The zero-order chi connectivity index (χ0) is 77.4. The second-order valence-corrected chi connectivity index (χ2v) is 29.1. The van der Waals surface area contributed by atoms with Crippen molar-refractivity contribution in [3.05, 3.63) is 94.6 Å². The van der Waals surface area contributed by atoms with Crippen molar-refractivity contribution in [3.63, 3.8) is 0 Å². The number of anilines is 1. The van der Waals surface area contributed by atoms with Crippen LogP contribution >= 0.6 is 0 Å². The Morgan fingerprint density at radius 3 is 1.88 bits per heavy atom. The Balaban J connectivity index is 1.19. The van der Waals surface area contributed by atoms with E-state index >= 15 is 0 Å². The molecular weight excluding hydrogens is 1350 g/mol. The van der Waals surface area contributed by atoms with Gasteiger partial charge in [-0.15, -0.1) is 0 Å². The summed E-state index contributed by atoms with van der Waals surface area (Å²) in [4.78, 5) is 143. The molecule has 2 heterocycles. The minimum atomic E-state index is -1.87. The number of amides is 7. The highest BCUT2D eigenvalue weighted by Gasteiger charge is 2.44. The number of likely N-dealkylation sites (tertiary alicyclic amines) is 1. The molecule has 2 saturated heterocycles. The largest absolute Gasteiger partial charge is 0.420 e. The quantitative estimate of drug-likeness (QED) is 0.0116. The van der Waals surface area contributed by atoms with Crippen molar-refractivity contribution in [1.82, 2.24) is 30.7 Å². The summed E-state index contributed by atoms with van der Waals surface area (Å²) in [6.45, 7) is 17.9. The normalized spacial score (nSPS) is 18.3. The molecule has 0 aliphatic carbocycles. The van der Waals surface area contributed by atoms with Crippen LogP contribution in [-0.4, -0.2) is 178 Å². The van der Waals surface area contributed by atoms with Gasteiger partial charge in [-0.2, -0.15) is 8.78 Å². The van der Waals surface area contributed by atoms with E-state index in [1.807, 2.05) is 90.9 Å². The lowest BCUT2D eigenvalue weighted by Gasteiger charge is -2.41. The van der Waals surface area contributed by atoms with Gasteiger partial charge in [0.2, 0.25) is 46.9 Å². The number of hydrogen-bond donors (Lipinski definition) is 5. The predicted octanol–water partition coefficient (Wildman–Crippen LogP) is 9.59. The van der Waals surface area contributed by atoms with Crippen molar-refractivity contribution < 1.29 is 89.2 Å². The number of nitrogens with one attached hydrogen (secondary N) is 4. The van der Waals surface area contributed by atoms with Crippen LogP contribution in [0.15, 0.2) is 54.6 Å². The van der Waals surface area contributed by atoms with Gasteiger partial charge >= 0.3 is 12.0 Å². The number of Topliss-reactive ketones (excluding diaryl/α,β-unsaturated/α-hetero) is 3. The number of urea groups is 1. The van der Waals surface area contributed by atoms with Gasteiger partial charge < -0.3 is 60.5 Å². The maximum absolute atomic E-state index is 14.7. The lowest BCUT2D eigenvalue weighted by atomic mass is 9.83. The SMILES string of the molecule is CC[C@H](C)[C@@H]([C@@H](CC(=O)N1CCC[C@H]1[C@H](OC)[C@@H](C)C(=O)C[C@@H](Cc1ccccc1)C(=O)NCc1ccc(NC(=O)[C@H](CCCNC(N)=O)CC(=O)[C@@H](NC(=O)CCCC2OCC(C(=O)Oc3c(F)c(F)c(C)c(F)c3F)CO2)C(C)C)cc1)OC)N(C)C(=O)[C@@H](CC(=O)[C@H](C(C)C)N(C)C)C(C)C. The van der Waals surface area contributed by atoms with Crippen LogP contribution in [0.4, 0.5) is 28.0 Å². The number of nitrogens with zero attached hydrogens (tertiary/aromatic N) is 3. The maximum Gasteiger partial charge on any atom is 0.319 e. The smallest absolute Gasteiger partial charge is 0.319 e. The van der Waals surface area contributed by atoms with Gasteiger partial charge in [0.15, 0.2) is 29.5 Å². The van der Waals surface area contributed by atoms with Gasteiger partial charge in [0.25, 0.3) is 0 Å². The molecule has 23 nitrogen and oxygen atoms in total. The van der Waals surface area contributed by atoms with Gasteiger partial charge in [0.1, 0.15) is 11.7 Å². The Morgan fingerprint density at radius 1 is 0.702 bits per heavy atom. The average Bonchev–Trinajstić information content (AvgIpc) is 1.04. The van der Waals surface area contributed by atoms with E-state index in [1.54, 1.807) is 69.0 Å². The molecule has 7 amide bonds. The van der Waals surface area contributed by atoms with Crippen molar-refractivity contribution in [3.8, 4) is 5.75 Å². The fraction of sp³-hybridized carbons (Fsp3) is 0.636. The number of nitrogens with two attached hydrogens (primary N) is 1. The second kappa shape index (κ2) is 41.8. The van der Waals surface area contributed by atoms with Gasteiger partial charge in [-0.1, -0.05) is 111 Å². The number of primary amides is 1. The molecule has 0 unspecified atom stereocenters. The number of benzene rings is 3. The van der Waals surface area contributed by atoms with Crippen molar-refractivity contribution in [2.45, 2.75) is 202 Å². The standard InChI is InChI=1S/C77H112F4N8O15/c1-16-46(8)70(88(13)75(97)55(43(2)3)38-59(92)69(45(6)7)87(11)12)60(100-14)39-62(94)89-34-22-26-56(89)71(101-15)47(9)57(90)37-52(35-49-23-18-17-19-24-49)73(95)84-40-50-29-31-54(32-30-50)85-74(96)51(25-21-33-83-77(82)99)36-58(91)68(44(4)5)86-61(93)27-20-28-63-102-41-53(42-103-63)76(98)104-72-66(80)64(78)48(10)65(79)67(72)81/h17-19,23-24,29-32,43-47,51-53,55-56,60,63,68-71H,16,20-22,25-28,33-42H2,1-15H3,(H,84,95)(H,85,96)(H,86,93)(H3,82,83,99)/t46-,47-,51+,52+,53?,55-,56-,60+,63?,68-,69-,70-,71+/m0/s1. The second-order valence-electron chi connectivity index (χ2n) is 29.1. The van der Waals surface area contributed by atoms with E-state index in [1.165, 1.54) is 7.11 Å². The van der Waals surface area contributed by atoms with Crippen molar-refractivity contribution in [2.75, 3.05) is 67.0 Å². The van der Waals surface area contributed by atoms with Crippen LogP contribution in [0.1, 0.15) is 156 Å². The third-order valence-corrected chi connectivity index (χ3v) is 20.2. The Labute approximate surface area is 610 Å². The Kier molecular flexibility index (Phi) is 35.0. The summed E-state index contributed by atoms with van der Waals surface area (Å²) in [5, 5.41) is 11.1. The maximum atomic E-state index is 14.7. The van der Waals surface area contributed by atoms with Crippen LogP contribution in [0, 0.1) is 83.5 Å². The highest BCUT2D eigenvalue weighted by molar-refractivity contribution is 5.97. The third kappa shape index (κ3) is 24.7. The summed E-state index contributed by atoms with van der Waals surface area (Å²) in [5.41, 5.74) is 6.24. The van der Waals surface area contributed by atoms with Gasteiger partial charge in [-0.25, -0.2) is 13.6 Å². The van der Waals surface area contributed by atoms with Gasteiger partial charge in [-0.05, 0) is 113 Å². The van der Waals surface area contributed by atoms with E-state index in [2.05, 4.69) is 26.0 Å². The van der Waals surface area contributed by atoms with Gasteiger partial charge in [0, 0.05) is 102 Å². The number of hydrogen-bond acceptors (Lipinski definition) is 16. The molecule has 6 N–H and O–H groups in total. The van der Waals surface area contributed by atoms with Crippen LogP contribution in [-0.2, 0) is 75.1 Å². The number of esters is 1. The zero-order valence-electron chi connectivity index (χ0n) is 63.2. The fourth-order valence-corrected chi connectivity index (χ4v) is 14.1. The summed E-state index contributed by atoms with van der Waals surface area (Å²) in [5.74, 6) is -17.2. The van der Waals surface area contributed by atoms with Crippen LogP contribution in [0.2, 0.25) is 0 Å². The monoisotopic (exact) mass is 1460 g/mol. The lowest BCUT2D eigenvalue weighted by Crippen LogP contribution is -2.54. The molecule has 578 valence electrons. The molecule has 0 radical (unpaired) electrons. The molecule has 5 rings (SSSR count). The molecule has 0 bridgehead atoms. The van der Waals surface area contributed by atoms with E-state index in [0.29, 0.717) is 37.1 Å². The summed E-state index contributed by atoms with van der Waals surface area (Å²) >= 11 is 0. The van der Waals surface area contributed by atoms with Crippen LogP contribution in [0.5, 0.6) is 5.75 Å². The highest BCUT2D eigenvalue weighted by Crippen LogP contribution is 2.34. The Hall–Kier alpha value is -7.72. The number of halogens is 4. The minimum absolute atomic E-state index is 0.000820. The molecule has 2 aliphatic rings. The first-order valence-electron chi connectivity index (χ1n) is 36.3. The molecule has 27 heteroatoms. The van der Waals surface area contributed by atoms with E-state index < -0.39 is 136 Å². The average molecular weight is 1470 g/mol. The Morgan fingerprint density at radius 2 is 1.33 bits per heavy atom. The summed E-state index contributed by atoms with van der Waals surface area (Å²) < 4.78 is 84.9. The van der Waals surface area contributed by atoms with Crippen LogP contribution < -0.4 is 31.7 Å². The topological polar surface area (TPSA) is 301 Å². The first kappa shape index (κ1) is 86.9. The number of ether oxygens (including phenoxy) is 5. The third-order valence-electron chi connectivity index (χ3n) is 20.2. The lowest BCUT2D eigenvalue weighted by molar-refractivity contribution is -0.208. The van der Waals surface area contributed by atoms with Gasteiger partial charge in [0.05, 0.1) is 56.0 Å². The van der Waals surface area contributed by atoms with E-state index in [-0.39, 0.29) is 144 Å². The first-order chi connectivity index (χ1) is 49.1. The number of carbonyl (C=O) groups excluding carboxylic acids is 10. The van der Waals surface area contributed by atoms with Crippen LogP contribution in [0.3, 0.4) is 0 Å². The number of carbonyl (C=O) groups is 10. The number of ketones is 3. The molecule has 0 spiro atoms. The minimum Gasteiger partial charge on any atom is -0.420 e. The van der Waals surface area contributed by atoms with Gasteiger partial charge in [-0.3, -0.25) is 48.1 Å². The molecule has 0 saturated carbocycles. The van der Waals surface area contributed by atoms with Crippen molar-refractivity contribution in [2.24, 2.45) is 59.0 Å². The highest BCUT2D eigenvalue weighted by atomic mass is 19.2. The molecule has 104 heavy (non-hydrogen) atoms. The summed E-state index contributed by atoms with van der Waals surface area (Å²) in [6.07, 6.45) is 0.142. The zero-order valence-corrected chi connectivity index (χ0v) is 63.2. The molecular formula is C77H112F4N8O15. The predicted molar refractivity (Wildman–Crippen MR) is 383 cm³/mol. The number of likely N-dealkylation sites (N-methyl/N-ethyl adjacent to an activating group) is 2. The first-order valence-corrected chi connectivity index (χ1v) is 36.3. The van der Waals surface area contributed by atoms with E-state index in [0.717, 1.165) is 12.5 Å². The molecule has 2 fully saturated rings. The molecule has 3 aromatic rings. The van der Waals surface area contributed by atoms with Crippen molar-refractivity contribution >= 4 is 64.6 Å². The number of methoxy groups -OCH3 is 2. The fourth-order valence-electron chi connectivity index (χ4n) is 14.1.